The number of carbonyl (C=O) groups excluding carboxylic acids is 1. The number of aryl methyl sites for hydroxylation is 1. The number of hydrogen-bond acceptors (Lipinski definition) is 5. The summed E-state index contributed by atoms with van der Waals surface area (Å²) in [7, 11) is 1.70. The van der Waals surface area contributed by atoms with Crippen LogP contribution in [-0.4, -0.2) is 28.0 Å². The number of nitrogens with zero attached hydrogens (tertiary/aromatic N) is 3. The number of halogens is 1. The van der Waals surface area contributed by atoms with Crippen LogP contribution in [0.3, 0.4) is 0 Å². The van der Waals surface area contributed by atoms with Gasteiger partial charge in [-0.3, -0.25) is 9.69 Å². The summed E-state index contributed by atoms with van der Waals surface area (Å²) in [5, 5.41) is 3.67. The quantitative estimate of drug-likeness (QED) is 0.723. The average Bonchev–Trinajstić information content (AvgIpc) is 3.08. The summed E-state index contributed by atoms with van der Waals surface area (Å²) in [6.45, 7) is 1.91. The van der Waals surface area contributed by atoms with Crippen molar-refractivity contribution in [1.82, 2.24) is 9.88 Å². The van der Waals surface area contributed by atoms with Gasteiger partial charge >= 0.3 is 0 Å². The number of aliphatic imine (C=N–C) groups is 1. The van der Waals surface area contributed by atoms with Crippen molar-refractivity contribution in [2.75, 3.05) is 7.05 Å². The molecule has 0 radical (unpaired) electrons. The number of hydrogen-bond donors (Lipinski definition) is 0. The number of likely N-dealkylation sites (N-methyl/N-ethyl adjacent to an activating group) is 1. The van der Waals surface area contributed by atoms with E-state index < -0.39 is 0 Å². The van der Waals surface area contributed by atoms with Gasteiger partial charge in [-0.05, 0) is 36.4 Å². The monoisotopic (exact) mass is 375 g/mol. The molecule has 1 aromatic heterocycles. The first-order valence-electron chi connectivity index (χ1n) is 7.13. The molecule has 0 bridgehead atoms. The summed E-state index contributed by atoms with van der Waals surface area (Å²) in [4.78, 5) is 23.1. The first kappa shape index (κ1) is 17.0. The molecule has 0 spiro atoms. The number of thiazole rings is 1. The van der Waals surface area contributed by atoms with E-state index in [0.717, 1.165) is 11.3 Å². The number of carbonyl (C=O) groups is 1. The molecule has 2 heterocycles. The molecule has 3 rings (SSSR count). The SMILES string of the molecule is Cc1csc(/N=C2/S/C(=C\C(Cl)=C\c3ccccc3)C(=O)N2C)n1. The van der Waals surface area contributed by atoms with E-state index in [1.165, 1.54) is 28.0 Å². The van der Waals surface area contributed by atoms with Crippen LogP contribution in [0, 0.1) is 6.92 Å². The lowest BCUT2D eigenvalue weighted by Gasteiger charge is -2.05. The third-order valence-corrected chi connectivity index (χ3v) is 5.31. The molecule has 0 aliphatic carbocycles. The first-order valence-corrected chi connectivity index (χ1v) is 9.21. The smallest absolute Gasteiger partial charge is 0.266 e. The van der Waals surface area contributed by atoms with Crippen molar-refractivity contribution in [1.29, 1.82) is 0 Å². The maximum Gasteiger partial charge on any atom is 0.266 e. The molecular weight excluding hydrogens is 362 g/mol. The van der Waals surface area contributed by atoms with E-state index in [1.54, 1.807) is 13.1 Å². The Labute approximate surface area is 153 Å². The highest BCUT2D eigenvalue weighted by molar-refractivity contribution is 8.18. The molecule has 0 unspecified atom stereocenters. The van der Waals surface area contributed by atoms with E-state index in [-0.39, 0.29) is 5.91 Å². The van der Waals surface area contributed by atoms with Crippen LogP contribution in [-0.2, 0) is 4.79 Å². The molecule has 1 aromatic carbocycles. The van der Waals surface area contributed by atoms with Crippen molar-refractivity contribution >= 4 is 57.0 Å². The second-order valence-corrected chi connectivity index (χ2v) is 7.36. The van der Waals surface area contributed by atoms with Gasteiger partial charge in [0.2, 0.25) is 5.13 Å². The lowest BCUT2D eigenvalue weighted by Crippen LogP contribution is -2.23. The maximum atomic E-state index is 12.4. The van der Waals surface area contributed by atoms with Gasteiger partial charge in [-0.1, -0.05) is 41.9 Å². The van der Waals surface area contributed by atoms with Crippen molar-refractivity contribution in [3.63, 3.8) is 0 Å². The molecule has 4 nitrogen and oxygen atoms in total. The first-order chi connectivity index (χ1) is 11.5. The number of amidine groups is 1. The van der Waals surface area contributed by atoms with Crippen LogP contribution in [0.5, 0.6) is 0 Å². The Morgan fingerprint density at radius 1 is 1.33 bits per heavy atom. The lowest BCUT2D eigenvalue weighted by atomic mass is 10.2. The fourth-order valence-electron chi connectivity index (χ4n) is 2.00. The van der Waals surface area contributed by atoms with Gasteiger partial charge in [-0.15, -0.1) is 11.3 Å². The molecule has 1 amide bonds. The standard InChI is InChI=1S/C17H14ClN3OS2/c1-11-10-23-16(19-11)20-17-21(2)15(22)14(24-17)9-13(18)8-12-6-4-3-5-7-12/h3-10H,1-2H3/b13-8-,14-9-,20-17+. The molecular formula is C17H14ClN3OS2. The molecule has 2 aromatic rings. The number of allylic oxidation sites excluding steroid dienone is 2. The van der Waals surface area contributed by atoms with Crippen molar-refractivity contribution in [3.05, 3.63) is 63.0 Å². The van der Waals surface area contributed by atoms with Crippen molar-refractivity contribution in [3.8, 4) is 0 Å². The van der Waals surface area contributed by atoms with Gasteiger partial charge in [0, 0.05) is 17.5 Å². The zero-order valence-corrected chi connectivity index (χ0v) is 15.5. The van der Waals surface area contributed by atoms with Crippen LogP contribution in [0.25, 0.3) is 6.08 Å². The number of amides is 1. The predicted octanol–water partition coefficient (Wildman–Crippen LogP) is 4.81. The fourth-order valence-corrected chi connectivity index (χ4v) is 3.98. The minimum atomic E-state index is -0.119. The van der Waals surface area contributed by atoms with Gasteiger partial charge in [0.15, 0.2) is 5.17 Å². The Kier molecular flexibility index (Phi) is 5.18. The van der Waals surface area contributed by atoms with Gasteiger partial charge in [0.05, 0.1) is 10.6 Å². The van der Waals surface area contributed by atoms with Gasteiger partial charge in [-0.2, -0.15) is 4.99 Å². The van der Waals surface area contributed by atoms with E-state index in [1.807, 2.05) is 48.7 Å². The number of aromatic nitrogens is 1. The van der Waals surface area contributed by atoms with Crippen LogP contribution in [0.2, 0.25) is 0 Å². The Bertz CT molecular complexity index is 856. The normalized spacial score (nSPS) is 18.9. The maximum absolute atomic E-state index is 12.4. The molecule has 122 valence electrons. The minimum Gasteiger partial charge on any atom is -0.289 e. The van der Waals surface area contributed by atoms with E-state index in [9.17, 15) is 4.79 Å². The van der Waals surface area contributed by atoms with Crippen molar-refractivity contribution < 1.29 is 4.79 Å². The molecule has 1 aliphatic heterocycles. The number of benzene rings is 1. The van der Waals surface area contributed by atoms with Gasteiger partial charge in [0.1, 0.15) is 0 Å². The van der Waals surface area contributed by atoms with E-state index >= 15 is 0 Å². The topological polar surface area (TPSA) is 45.6 Å². The zero-order chi connectivity index (χ0) is 17.1. The van der Waals surface area contributed by atoms with E-state index in [2.05, 4.69) is 9.98 Å². The number of rotatable bonds is 3. The summed E-state index contributed by atoms with van der Waals surface area (Å²) in [6.07, 6.45) is 3.50. The van der Waals surface area contributed by atoms with Crippen LogP contribution in [0.1, 0.15) is 11.3 Å². The zero-order valence-electron chi connectivity index (χ0n) is 13.1. The second-order valence-electron chi connectivity index (χ2n) is 5.08. The molecule has 7 heteroatoms. The van der Waals surface area contributed by atoms with Gasteiger partial charge < -0.3 is 0 Å². The van der Waals surface area contributed by atoms with Crippen LogP contribution in [0.15, 0.2) is 56.7 Å². The lowest BCUT2D eigenvalue weighted by molar-refractivity contribution is -0.121. The highest BCUT2D eigenvalue weighted by Crippen LogP contribution is 2.33. The Hall–Kier alpha value is -1.89. The Morgan fingerprint density at radius 2 is 2.08 bits per heavy atom. The molecule has 1 fully saturated rings. The predicted molar refractivity (Wildman–Crippen MR) is 103 cm³/mol. The third kappa shape index (κ3) is 3.95. The number of thioether (sulfide) groups is 1. The molecule has 0 atom stereocenters. The van der Waals surface area contributed by atoms with Gasteiger partial charge in [0.25, 0.3) is 5.91 Å². The van der Waals surface area contributed by atoms with Crippen LogP contribution < -0.4 is 0 Å². The summed E-state index contributed by atoms with van der Waals surface area (Å²) in [5.74, 6) is -0.119. The largest absolute Gasteiger partial charge is 0.289 e. The highest BCUT2D eigenvalue weighted by Gasteiger charge is 2.30. The summed E-state index contributed by atoms with van der Waals surface area (Å²) < 4.78 is 0. The molecule has 0 saturated carbocycles. The van der Waals surface area contributed by atoms with E-state index in [4.69, 9.17) is 11.6 Å². The van der Waals surface area contributed by atoms with Crippen molar-refractivity contribution in [2.24, 2.45) is 4.99 Å². The second kappa shape index (κ2) is 7.34. The summed E-state index contributed by atoms with van der Waals surface area (Å²) in [6, 6.07) is 9.72. The molecule has 1 aliphatic rings. The summed E-state index contributed by atoms with van der Waals surface area (Å²) in [5.41, 5.74) is 1.90. The molecule has 24 heavy (non-hydrogen) atoms. The third-order valence-electron chi connectivity index (χ3n) is 3.17. The van der Waals surface area contributed by atoms with Crippen LogP contribution in [0.4, 0.5) is 5.13 Å². The average molecular weight is 376 g/mol. The van der Waals surface area contributed by atoms with Gasteiger partial charge in [-0.25, -0.2) is 4.98 Å². The summed E-state index contributed by atoms with van der Waals surface area (Å²) >= 11 is 9.02. The Balaban J connectivity index is 1.83. The molecule has 0 N–H and O–H groups in total. The van der Waals surface area contributed by atoms with E-state index in [0.29, 0.717) is 20.2 Å². The molecule has 1 saturated heterocycles. The minimum absolute atomic E-state index is 0.119. The van der Waals surface area contributed by atoms with Crippen LogP contribution >= 0.6 is 34.7 Å². The Morgan fingerprint density at radius 3 is 2.75 bits per heavy atom. The highest BCUT2D eigenvalue weighted by atomic mass is 35.5. The van der Waals surface area contributed by atoms with Crippen molar-refractivity contribution in [2.45, 2.75) is 6.92 Å². The fraction of sp³-hybridized carbons (Fsp3) is 0.118.